The molecule has 102 valence electrons. The van der Waals surface area contributed by atoms with Crippen LogP contribution >= 0.6 is 11.3 Å². The van der Waals surface area contributed by atoms with Gasteiger partial charge in [-0.3, -0.25) is 4.79 Å². The van der Waals surface area contributed by atoms with Gasteiger partial charge < -0.3 is 4.74 Å². The fraction of sp³-hybridized carbons (Fsp3) is 0.643. The second kappa shape index (κ2) is 6.27. The Morgan fingerprint density at radius 1 is 1.53 bits per heavy atom. The van der Waals surface area contributed by atoms with Gasteiger partial charge >= 0.3 is 0 Å². The van der Waals surface area contributed by atoms with Gasteiger partial charge in [-0.15, -0.1) is 11.3 Å². The van der Waals surface area contributed by atoms with E-state index >= 15 is 0 Å². The lowest BCUT2D eigenvalue weighted by Gasteiger charge is -2.22. The predicted octanol–water partition coefficient (Wildman–Crippen LogP) is 2.87. The van der Waals surface area contributed by atoms with E-state index in [2.05, 4.69) is 24.9 Å². The molecule has 1 aliphatic rings. The van der Waals surface area contributed by atoms with E-state index in [9.17, 15) is 10.1 Å². The number of hydrogen-bond acceptors (Lipinski definition) is 5. The molecule has 0 aromatic carbocycles. The summed E-state index contributed by atoms with van der Waals surface area (Å²) in [5, 5.41) is 11.9. The summed E-state index contributed by atoms with van der Waals surface area (Å²) in [4.78, 5) is 16.8. The Labute approximate surface area is 117 Å². The van der Waals surface area contributed by atoms with Crippen LogP contribution in [0.1, 0.15) is 49.2 Å². The predicted molar refractivity (Wildman–Crippen MR) is 73.1 cm³/mol. The Morgan fingerprint density at radius 3 is 2.74 bits per heavy atom. The molecule has 0 spiro atoms. The molecule has 1 aromatic heterocycles. The SMILES string of the molecule is CC(C)c1csc(C(C#N)C(=O)C2CCOCC2)n1. The molecule has 1 saturated heterocycles. The second-order valence-corrected chi connectivity index (χ2v) is 6.01. The Hall–Kier alpha value is -1.25. The minimum atomic E-state index is -0.708. The molecular formula is C14H18N2O2S. The summed E-state index contributed by atoms with van der Waals surface area (Å²) in [5.74, 6) is -0.427. The van der Waals surface area contributed by atoms with Crippen molar-refractivity contribution in [2.45, 2.75) is 38.5 Å². The maximum Gasteiger partial charge on any atom is 0.160 e. The smallest absolute Gasteiger partial charge is 0.160 e. The van der Waals surface area contributed by atoms with Crippen LogP contribution in [-0.2, 0) is 9.53 Å². The van der Waals surface area contributed by atoms with E-state index in [-0.39, 0.29) is 11.7 Å². The number of hydrogen-bond donors (Lipinski definition) is 0. The summed E-state index contributed by atoms with van der Waals surface area (Å²) in [5.41, 5.74) is 0.958. The van der Waals surface area contributed by atoms with Crippen molar-refractivity contribution in [3.8, 4) is 6.07 Å². The van der Waals surface area contributed by atoms with Crippen LogP contribution in [0.25, 0.3) is 0 Å². The first kappa shape index (κ1) is 14.2. The summed E-state index contributed by atoms with van der Waals surface area (Å²) in [6.45, 7) is 5.34. The molecule has 2 rings (SSSR count). The van der Waals surface area contributed by atoms with Crippen molar-refractivity contribution in [3.05, 3.63) is 16.1 Å². The minimum absolute atomic E-state index is 0.00968. The molecule has 19 heavy (non-hydrogen) atoms. The van der Waals surface area contributed by atoms with Crippen molar-refractivity contribution in [2.24, 2.45) is 5.92 Å². The van der Waals surface area contributed by atoms with Gasteiger partial charge in [0.1, 0.15) is 5.01 Å². The van der Waals surface area contributed by atoms with Crippen LogP contribution in [0, 0.1) is 17.2 Å². The monoisotopic (exact) mass is 278 g/mol. The first-order chi connectivity index (χ1) is 9.13. The number of thiazole rings is 1. The lowest BCUT2D eigenvalue weighted by Crippen LogP contribution is -2.27. The number of ether oxygens (including phenoxy) is 1. The molecule has 0 saturated carbocycles. The number of nitriles is 1. The molecule has 0 amide bonds. The van der Waals surface area contributed by atoms with Gasteiger partial charge in [0, 0.05) is 24.5 Å². The third-order valence-corrected chi connectivity index (χ3v) is 4.34. The standard InChI is InChI=1S/C14H18N2O2S/c1-9(2)12-8-19-14(16-12)11(7-15)13(17)10-3-5-18-6-4-10/h8-11H,3-6H2,1-2H3. The second-order valence-electron chi connectivity index (χ2n) is 5.12. The van der Waals surface area contributed by atoms with Gasteiger partial charge in [-0.2, -0.15) is 5.26 Å². The van der Waals surface area contributed by atoms with Gasteiger partial charge in [-0.05, 0) is 18.8 Å². The number of aromatic nitrogens is 1. The van der Waals surface area contributed by atoms with E-state index in [4.69, 9.17) is 4.74 Å². The van der Waals surface area contributed by atoms with Gasteiger partial charge in [0.25, 0.3) is 0 Å². The Bertz CT molecular complexity index is 484. The average molecular weight is 278 g/mol. The van der Waals surface area contributed by atoms with Gasteiger partial charge in [0.2, 0.25) is 0 Å². The van der Waals surface area contributed by atoms with Crippen LogP contribution in [0.2, 0.25) is 0 Å². The van der Waals surface area contributed by atoms with Crippen LogP contribution in [0.15, 0.2) is 5.38 Å². The molecule has 2 heterocycles. The minimum Gasteiger partial charge on any atom is -0.381 e. The molecule has 1 atom stereocenters. The van der Waals surface area contributed by atoms with Gasteiger partial charge in [-0.25, -0.2) is 4.98 Å². The van der Waals surface area contributed by atoms with Crippen molar-refractivity contribution >= 4 is 17.1 Å². The highest BCUT2D eigenvalue weighted by atomic mass is 32.1. The maximum atomic E-state index is 12.4. The summed E-state index contributed by atoms with van der Waals surface area (Å²) < 4.78 is 5.26. The maximum absolute atomic E-state index is 12.4. The fourth-order valence-corrected chi connectivity index (χ4v) is 3.19. The highest BCUT2D eigenvalue weighted by Crippen LogP contribution is 2.29. The Kier molecular flexibility index (Phi) is 4.67. The van der Waals surface area contributed by atoms with Crippen molar-refractivity contribution in [2.75, 3.05) is 13.2 Å². The molecule has 0 bridgehead atoms. The summed E-state index contributed by atoms with van der Waals surface area (Å²) in [7, 11) is 0. The summed E-state index contributed by atoms with van der Waals surface area (Å²) >= 11 is 1.42. The van der Waals surface area contributed by atoms with Crippen LogP contribution in [0.5, 0.6) is 0 Å². The zero-order chi connectivity index (χ0) is 13.8. The molecule has 4 nitrogen and oxygen atoms in total. The molecule has 1 fully saturated rings. The fourth-order valence-electron chi connectivity index (χ4n) is 2.16. The largest absolute Gasteiger partial charge is 0.381 e. The van der Waals surface area contributed by atoms with Crippen LogP contribution < -0.4 is 0 Å². The lowest BCUT2D eigenvalue weighted by molar-refractivity contribution is -0.126. The van der Waals surface area contributed by atoms with E-state index in [1.807, 2.05) is 5.38 Å². The number of nitrogens with zero attached hydrogens (tertiary/aromatic N) is 2. The van der Waals surface area contributed by atoms with E-state index in [0.29, 0.717) is 24.1 Å². The summed E-state index contributed by atoms with van der Waals surface area (Å²) in [6.07, 6.45) is 1.44. The number of carbonyl (C=O) groups excluding carboxylic acids is 1. The summed E-state index contributed by atoms with van der Waals surface area (Å²) in [6, 6.07) is 2.13. The molecule has 5 heteroatoms. The van der Waals surface area contributed by atoms with E-state index in [1.165, 1.54) is 11.3 Å². The quantitative estimate of drug-likeness (QED) is 0.849. The third-order valence-electron chi connectivity index (χ3n) is 3.42. The van der Waals surface area contributed by atoms with Crippen molar-refractivity contribution in [1.29, 1.82) is 5.26 Å². The number of Topliss-reactive ketones (excluding diaryl/α,β-unsaturated/α-hetero) is 1. The van der Waals surface area contributed by atoms with Crippen LogP contribution in [0.3, 0.4) is 0 Å². The number of carbonyl (C=O) groups is 1. The number of ketones is 1. The molecule has 1 aliphatic heterocycles. The van der Waals surface area contributed by atoms with Crippen molar-refractivity contribution in [1.82, 2.24) is 4.98 Å². The van der Waals surface area contributed by atoms with Gasteiger partial charge in [-0.1, -0.05) is 13.8 Å². The number of rotatable bonds is 4. The van der Waals surface area contributed by atoms with Crippen molar-refractivity contribution in [3.63, 3.8) is 0 Å². The Balaban J connectivity index is 2.14. The van der Waals surface area contributed by atoms with Crippen molar-refractivity contribution < 1.29 is 9.53 Å². The van der Waals surface area contributed by atoms with Gasteiger partial charge in [0.15, 0.2) is 11.7 Å². The van der Waals surface area contributed by atoms with E-state index < -0.39 is 5.92 Å². The molecule has 0 N–H and O–H groups in total. The highest BCUT2D eigenvalue weighted by Gasteiger charge is 2.31. The molecular weight excluding hydrogens is 260 g/mol. The third kappa shape index (κ3) is 3.20. The normalized spacial score (nSPS) is 18.2. The lowest BCUT2D eigenvalue weighted by atomic mass is 9.88. The van der Waals surface area contributed by atoms with E-state index in [1.54, 1.807) is 0 Å². The van der Waals surface area contributed by atoms with Crippen LogP contribution in [0.4, 0.5) is 0 Å². The van der Waals surface area contributed by atoms with Gasteiger partial charge in [0.05, 0.1) is 11.8 Å². The highest BCUT2D eigenvalue weighted by molar-refractivity contribution is 7.10. The average Bonchev–Trinajstić information content (AvgIpc) is 2.90. The van der Waals surface area contributed by atoms with Crippen LogP contribution in [-0.4, -0.2) is 24.0 Å². The molecule has 0 radical (unpaired) electrons. The topological polar surface area (TPSA) is 63.0 Å². The zero-order valence-corrected chi connectivity index (χ0v) is 12.1. The molecule has 0 aliphatic carbocycles. The first-order valence-corrected chi connectivity index (χ1v) is 7.48. The molecule has 1 aromatic rings. The Morgan fingerprint density at radius 2 is 2.21 bits per heavy atom. The zero-order valence-electron chi connectivity index (χ0n) is 11.3. The molecule has 1 unspecified atom stereocenters. The van der Waals surface area contributed by atoms with E-state index in [0.717, 1.165) is 18.5 Å². The first-order valence-electron chi connectivity index (χ1n) is 6.60.